The van der Waals surface area contributed by atoms with Crippen LogP contribution in [0.4, 0.5) is 0 Å². The molecule has 0 radical (unpaired) electrons. The maximum Gasteiger partial charge on any atom is 0.310 e. The van der Waals surface area contributed by atoms with E-state index in [1.165, 1.54) is 12.8 Å². The fraction of sp³-hybridized carbons (Fsp3) is 0.909. The van der Waals surface area contributed by atoms with E-state index in [1.54, 1.807) is 7.11 Å². The van der Waals surface area contributed by atoms with Gasteiger partial charge in [0.25, 0.3) is 0 Å². The summed E-state index contributed by atoms with van der Waals surface area (Å²) in [5, 5.41) is 9.28. The number of nitrogens with two attached hydrogens (primary N) is 1. The fourth-order valence-electron chi connectivity index (χ4n) is 2.00. The largest absolute Gasteiger partial charge is 0.481 e. The molecule has 4 heteroatoms. The normalized spacial score (nSPS) is 19.9. The summed E-state index contributed by atoms with van der Waals surface area (Å²) in [5.74, 6) is -0.153. The summed E-state index contributed by atoms with van der Waals surface area (Å²) in [7, 11) is 1.63. The van der Waals surface area contributed by atoms with Crippen molar-refractivity contribution >= 4 is 5.97 Å². The monoisotopic (exact) mass is 215 g/mol. The van der Waals surface area contributed by atoms with E-state index in [4.69, 9.17) is 10.5 Å². The van der Waals surface area contributed by atoms with Gasteiger partial charge in [-0.25, -0.2) is 0 Å². The van der Waals surface area contributed by atoms with Gasteiger partial charge in [0.05, 0.1) is 5.41 Å². The van der Waals surface area contributed by atoms with Crippen LogP contribution in [0, 0.1) is 11.3 Å². The van der Waals surface area contributed by atoms with Gasteiger partial charge in [-0.1, -0.05) is 12.8 Å². The van der Waals surface area contributed by atoms with E-state index >= 15 is 0 Å². The predicted molar refractivity (Wildman–Crippen MR) is 57.6 cm³/mol. The molecule has 0 amide bonds. The third kappa shape index (κ3) is 3.47. The second-order valence-corrected chi connectivity index (χ2v) is 4.53. The first kappa shape index (κ1) is 12.5. The summed E-state index contributed by atoms with van der Waals surface area (Å²) in [6, 6.07) is 0. The van der Waals surface area contributed by atoms with Crippen LogP contribution in [0.1, 0.15) is 32.1 Å². The van der Waals surface area contributed by atoms with Crippen molar-refractivity contribution in [2.45, 2.75) is 32.1 Å². The fourth-order valence-corrected chi connectivity index (χ4v) is 2.00. The van der Waals surface area contributed by atoms with Gasteiger partial charge in [-0.05, 0) is 25.2 Å². The molecular formula is C11H21NO3. The SMILES string of the molecule is COCCCC(CN)(CC1CC1)C(=O)O. The number of carbonyl (C=O) groups is 1. The Kier molecular flexibility index (Phi) is 4.54. The topological polar surface area (TPSA) is 72.5 Å². The van der Waals surface area contributed by atoms with Crippen molar-refractivity contribution in [3.05, 3.63) is 0 Å². The van der Waals surface area contributed by atoms with Crippen LogP contribution in [0.5, 0.6) is 0 Å². The third-order valence-electron chi connectivity index (χ3n) is 3.22. The van der Waals surface area contributed by atoms with Gasteiger partial charge in [0, 0.05) is 20.3 Å². The van der Waals surface area contributed by atoms with Crippen molar-refractivity contribution in [2.75, 3.05) is 20.3 Å². The molecule has 4 nitrogen and oxygen atoms in total. The van der Waals surface area contributed by atoms with Crippen molar-refractivity contribution in [3.63, 3.8) is 0 Å². The molecule has 0 heterocycles. The van der Waals surface area contributed by atoms with Crippen LogP contribution in [0.3, 0.4) is 0 Å². The lowest BCUT2D eigenvalue weighted by atomic mass is 9.78. The lowest BCUT2D eigenvalue weighted by Gasteiger charge is -2.27. The number of rotatable bonds is 8. The van der Waals surface area contributed by atoms with Gasteiger partial charge in [-0.3, -0.25) is 4.79 Å². The molecule has 0 aliphatic heterocycles. The van der Waals surface area contributed by atoms with Gasteiger partial charge in [0.15, 0.2) is 0 Å². The minimum atomic E-state index is -0.743. The molecule has 3 N–H and O–H groups in total. The van der Waals surface area contributed by atoms with E-state index in [-0.39, 0.29) is 6.54 Å². The quantitative estimate of drug-likeness (QED) is 0.597. The standard InChI is InChI=1S/C11H21NO3/c1-15-6-2-5-11(8-12,10(13)14)7-9-3-4-9/h9H,2-8,12H2,1H3,(H,13,14). The zero-order valence-electron chi connectivity index (χ0n) is 9.37. The first-order valence-electron chi connectivity index (χ1n) is 5.57. The Hall–Kier alpha value is -0.610. The van der Waals surface area contributed by atoms with Crippen LogP contribution >= 0.6 is 0 Å². The number of hydrogen-bond donors (Lipinski definition) is 2. The molecule has 0 bridgehead atoms. The van der Waals surface area contributed by atoms with Crippen LogP contribution in [0.25, 0.3) is 0 Å². The number of carboxylic acids is 1. The molecule has 1 fully saturated rings. The highest BCUT2D eigenvalue weighted by Crippen LogP contribution is 2.42. The van der Waals surface area contributed by atoms with Crippen LogP contribution in [-0.4, -0.2) is 31.3 Å². The van der Waals surface area contributed by atoms with E-state index in [0.717, 1.165) is 12.8 Å². The molecule has 1 rings (SSSR count). The summed E-state index contributed by atoms with van der Waals surface area (Å²) in [6.45, 7) is 0.849. The highest BCUT2D eigenvalue weighted by molar-refractivity contribution is 5.75. The lowest BCUT2D eigenvalue weighted by molar-refractivity contribution is -0.149. The summed E-state index contributed by atoms with van der Waals surface area (Å²) < 4.78 is 4.95. The number of hydrogen-bond acceptors (Lipinski definition) is 3. The Bertz CT molecular complexity index is 216. The maximum atomic E-state index is 11.3. The molecule has 88 valence electrons. The minimum Gasteiger partial charge on any atom is -0.481 e. The summed E-state index contributed by atoms with van der Waals surface area (Å²) in [6.07, 6.45) is 4.47. The minimum absolute atomic E-state index is 0.239. The molecule has 1 atom stereocenters. The van der Waals surface area contributed by atoms with Crippen molar-refractivity contribution in [3.8, 4) is 0 Å². The average molecular weight is 215 g/mol. The molecule has 1 unspecified atom stereocenters. The Labute approximate surface area is 90.8 Å². The van der Waals surface area contributed by atoms with Crippen molar-refractivity contribution in [1.29, 1.82) is 0 Å². The second kappa shape index (κ2) is 5.47. The molecule has 0 aromatic rings. The third-order valence-corrected chi connectivity index (χ3v) is 3.22. The van der Waals surface area contributed by atoms with Crippen LogP contribution in [-0.2, 0) is 9.53 Å². The first-order chi connectivity index (χ1) is 7.14. The zero-order valence-corrected chi connectivity index (χ0v) is 9.37. The van der Waals surface area contributed by atoms with Gasteiger partial charge in [0.1, 0.15) is 0 Å². The number of ether oxygens (including phenoxy) is 1. The molecule has 0 aromatic carbocycles. The molecule has 1 aliphatic rings. The van der Waals surface area contributed by atoms with Gasteiger partial charge in [-0.15, -0.1) is 0 Å². The molecule has 15 heavy (non-hydrogen) atoms. The summed E-state index contributed by atoms with van der Waals surface area (Å²) in [4.78, 5) is 11.3. The van der Waals surface area contributed by atoms with Gasteiger partial charge < -0.3 is 15.6 Å². The molecule has 0 spiro atoms. The number of carboxylic acid groups (broad SMARTS) is 1. The Morgan fingerprint density at radius 3 is 2.67 bits per heavy atom. The Balaban J connectivity index is 2.51. The molecule has 0 aromatic heterocycles. The van der Waals surface area contributed by atoms with E-state index in [1.807, 2.05) is 0 Å². The van der Waals surface area contributed by atoms with E-state index in [2.05, 4.69) is 0 Å². The molecular weight excluding hydrogens is 194 g/mol. The molecule has 1 saturated carbocycles. The first-order valence-corrected chi connectivity index (χ1v) is 5.57. The highest BCUT2D eigenvalue weighted by atomic mass is 16.5. The zero-order chi connectivity index (χ0) is 11.3. The maximum absolute atomic E-state index is 11.3. The predicted octanol–water partition coefficient (Wildman–Crippen LogP) is 1.24. The van der Waals surface area contributed by atoms with E-state index in [0.29, 0.717) is 18.9 Å². The lowest BCUT2D eigenvalue weighted by Crippen LogP contribution is -2.39. The second-order valence-electron chi connectivity index (χ2n) is 4.53. The molecule has 1 aliphatic carbocycles. The highest BCUT2D eigenvalue weighted by Gasteiger charge is 2.41. The van der Waals surface area contributed by atoms with E-state index in [9.17, 15) is 9.90 Å². The Morgan fingerprint density at radius 1 is 1.60 bits per heavy atom. The van der Waals surface area contributed by atoms with Gasteiger partial charge >= 0.3 is 5.97 Å². The smallest absolute Gasteiger partial charge is 0.310 e. The Morgan fingerprint density at radius 2 is 2.27 bits per heavy atom. The van der Waals surface area contributed by atoms with Crippen molar-refractivity contribution in [2.24, 2.45) is 17.1 Å². The van der Waals surface area contributed by atoms with Crippen LogP contribution < -0.4 is 5.73 Å². The molecule has 0 saturated heterocycles. The number of methoxy groups -OCH3 is 1. The van der Waals surface area contributed by atoms with Crippen molar-refractivity contribution < 1.29 is 14.6 Å². The average Bonchev–Trinajstić information content (AvgIpc) is 3.00. The van der Waals surface area contributed by atoms with Crippen LogP contribution in [0.2, 0.25) is 0 Å². The van der Waals surface area contributed by atoms with E-state index < -0.39 is 11.4 Å². The van der Waals surface area contributed by atoms with Crippen LogP contribution in [0.15, 0.2) is 0 Å². The summed E-state index contributed by atoms with van der Waals surface area (Å²) in [5.41, 5.74) is 4.94. The van der Waals surface area contributed by atoms with Crippen molar-refractivity contribution in [1.82, 2.24) is 0 Å². The van der Waals surface area contributed by atoms with Gasteiger partial charge in [0.2, 0.25) is 0 Å². The number of aliphatic carboxylic acids is 1. The summed E-state index contributed by atoms with van der Waals surface area (Å²) >= 11 is 0. The van der Waals surface area contributed by atoms with Gasteiger partial charge in [-0.2, -0.15) is 0 Å².